The standard InChI is InChI=1S/C31H37FN4O5/c32-24-9-10-26-23(20-24)21-27(41-26)29(38)35-31(11-4-5-12-31)30(39)34-25(19-22-7-2-1-3-8-22)28(37)33-13-6-14-36-15-17-40-18-16-36/h1-3,7-10,20-21,25H,4-6,11-19H2,(H,33,37)(H,34,39)(H,35,38)/t25-/m1/s1. The fourth-order valence-electron chi connectivity index (χ4n) is 5.61. The minimum absolute atomic E-state index is 0.00326. The third-order valence-electron chi connectivity index (χ3n) is 7.91. The molecule has 0 radical (unpaired) electrons. The van der Waals surface area contributed by atoms with E-state index in [1.165, 1.54) is 24.3 Å². The average molecular weight is 565 g/mol. The van der Waals surface area contributed by atoms with Crippen molar-refractivity contribution in [1.29, 1.82) is 0 Å². The molecule has 0 unspecified atom stereocenters. The molecule has 1 atom stereocenters. The lowest BCUT2D eigenvalue weighted by atomic mass is 9.94. The normalized spacial score (nSPS) is 17.7. The van der Waals surface area contributed by atoms with Crippen molar-refractivity contribution in [2.45, 2.75) is 50.1 Å². The second kappa shape index (κ2) is 13.3. The van der Waals surface area contributed by atoms with Crippen LogP contribution < -0.4 is 16.0 Å². The second-order valence-corrected chi connectivity index (χ2v) is 10.9. The Morgan fingerprint density at radius 1 is 1.00 bits per heavy atom. The van der Waals surface area contributed by atoms with E-state index < -0.39 is 29.2 Å². The third-order valence-corrected chi connectivity index (χ3v) is 7.91. The molecule has 1 aromatic heterocycles. The number of carbonyl (C=O) groups excluding carboxylic acids is 3. The summed E-state index contributed by atoms with van der Waals surface area (Å²) in [6, 6.07) is 14.2. The largest absolute Gasteiger partial charge is 0.451 e. The predicted octanol–water partition coefficient (Wildman–Crippen LogP) is 3.18. The summed E-state index contributed by atoms with van der Waals surface area (Å²) in [5.41, 5.74) is 0.127. The molecule has 3 N–H and O–H groups in total. The Kier molecular flexibility index (Phi) is 9.31. The van der Waals surface area contributed by atoms with Crippen LogP contribution in [0.15, 0.2) is 59.0 Å². The highest BCUT2D eigenvalue weighted by Gasteiger charge is 2.44. The second-order valence-electron chi connectivity index (χ2n) is 10.9. The van der Waals surface area contributed by atoms with E-state index in [2.05, 4.69) is 20.9 Å². The fraction of sp³-hybridized carbons (Fsp3) is 0.452. The predicted molar refractivity (Wildman–Crippen MR) is 152 cm³/mol. The number of amides is 3. The number of rotatable bonds is 11. The number of halogens is 1. The minimum atomic E-state index is -1.17. The summed E-state index contributed by atoms with van der Waals surface area (Å²) < 4.78 is 24.7. The number of ether oxygens (including phenoxy) is 1. The molecule has 0 spiro atoms. The zero-order chi connectivity index (χ0) is 28.7. The van der Waals surface area contributed by atoms with E-state index in [1.807, 2.05) is 30.3 Å². The van der Waals surface area contributed by atoms with E-state index in [4.69, 9.17) is 9.15 Å². The summed E-state index contributed by atoms with van der Waals surface area (Å²) in [5, 5.41) is 9.31. The zero-order valence-electron chi connectivity index (χ0n) is 23.1. The van der Waals surface area contributed by atoms with Gasteiger partial charge in [0, 0.05) is 31.4 Å². The molecule has 0 bridgehead atoms. The van der Waals surface area contributed by atoms with Crippen molar-refractivity contribution >= 4 is 28.7 Å². The van der Waals surface area contributed by atoms with Gasteiger partial charge >= 0.3 is 0 Å². The van der Waals surface area contributed by atoms with Crippen molar-refractivity contribution in [3.8, 4) is 0 Å². The van der Waals surface area contributed by atoms with Gasteiger partial charge in [-0.3, -0.25) is 19.3 Å². The van der Waals surface area contributed by atoms with Gasteiger partial charge in [0.15, 0.2) is 5.76 Å². The maximum atomic E-state index is 13.8. The summed E-state index contributed by atoms with van der Waals surface area (Å²) in [5.74, 6) is -1.63. The topological polar surface area (TPSA) is 113 Å². The molecule has 1 aliphatic carbocycles. The Morgan fingerprint density at radius 3 is 2.51 bits per heavy atom. The van der Waals surface area contributed by atoms with Gasteiger partial charge < -0.3 is 25.1 Å². The molecule has 5 rings (SSSR count). The van der Waals surface area contributed by atoms with E-state index in [0.29, 0.717) is 36.8 Å². The first-order valence-corrected chi connectivity index (χ1v) is 14.4. The van der Waals surface area contributed by atoms with Gasteiger partial charge in [0.2, 0.25) is 11.8 Å². The first kappa shape index (κ1) is 28.8. The third kappa shape index (κ3) is 7.31. The average Bonchev–Trinajstić information content (AvgIpc) is 3.64. The molecule has 9 nitrogen and oxygen atoms in total. The van der Waals surface area contributed by atoms with Crippen molar-refractivity contribution in [1.82, 2.24) is 20.9 Å². The van der Waals surface area contributed by atoms with Gasteiger partial charge in [0.05, 0.1) is 13.2 Å². The van der Waals surface area contributed by atoms with Crippen molar-refractivity contribution < 1.29 is 27.9 Å². The lowest BCUT2D eigenvalue weighted by molar-refractivity contribution is -0.132. The molecule has 3 aromatic rings. The molecule has 2 fully saturated rings. The smallest absolute Gasteiger partial charge is 0.287 e. The van der Waals surface area contributed by atoms with Gasteiger partial charge in [-0.05, 0) is 55.6 Å². The van der Waals surface area contributed by atoms with Crippen LogP contribution in [0.2, 0.25) is 0 Å². The van der Waals surface area contributed by atoms with Gasteiger partial charge in [-0.2, -0.15) is 0 Å². The number of furan rings is 1. The van der Waals surface area contributed by atoms with Gasteiger partial charge in [-0.25, -0.2) is 4.39 Å². The van der Waals surface area contributed by atoms with Crippen LogP contribution in [0.5, 0.6) is 0 Å². The first-order chi connectivity index (χ1) is 19.9. The lowest BCUT2D eigenvalue weighted by Gasteiger charge is -2.31. The molecule has 41 heavy (non-hydrogen) atoms. The van der Waals surface area contributed by atoms with E-state index in [9.17, 15) is 18.8 Å². The number of carbonyl (C=O) groups is 3. The molecule has 1 saturated carbocycles. The summed E-state index contributed by atoms with van der Waals surface area (Å²) >= 11 is 0. The van der Waals surface area contributed by atoms with E-state index in [1.54, 1.807) is 0 Å². The molecule has 1 aliphatic heterocycles. The van der Waals surface area contributed by atoms with Gasteiger partial charge in [-0.15, -0.1) is 0 Å². The highest BCUT2D eigenvalue weighted by Crippen LogP contribution is 2.31. The summed E-state index contributed by atoms with van der Waals surface area (Å²) in [6.07, 6.45) is 3.52. The summed E-state index contributed by atoms with van der Waals surface area (Å²) in [4.78, 5) is 42.6. The number of benzene rings is 2. The highest BCUT2D eigenvalue weighted by atomic mass is 19.1. The van der Waals surface area contributed by atoms with E-state index in [-0.39, 0.29) is 11.7 Å². The van der Waals surface area contributed by atoms with Crippen molar-refractivity contribution in [3.05, 3.63) is 71.7 Å². The maximum absolute atomic E-state index is 13.8. The molecule has 1 saturated heterocycles. The number of hydrogen-bond acceptors (Lipinski definition) is 6. The monoisotopic (exact) mass is 564 g/mol. The van der Waals surface area contributed by atoms with Gasteiger partial charge in [0.25, 0.3) is 5.91 Å². The van der Waals surface area contributed by atoms with Crippen LogP contribution >= 0.6 is 0 Å². The zero-order valence-corrected chi connectivity index (χ0v) is 23.1. The Hall–Kier alpha value is -3.76. The number of fused-ring (bicyclic) bond motifs is 1. The maximum Gasteiger partial charge on any atom is 0.287 e. The molecule has 3 amide bonds. The number of nitrogens with zero attached hydrogens (tertiary/aromatic N) is 1. The van der Waals surface area contributed by atoms with Crippen LogP contribution in [0.4, 0.5) is 4.39 Å². The van der Waals surface area contributed by atoms with Crippen LogP contribution in [0, 0.1) is 5.82 Å². The molecular formula is C31H37FN4O5. The first-order valence-electron chi connectivity index (χ1n) is 14.4. The number of morpholine rings is 1. The summed E-state index contributed by atoms with van der Waals surface area (Å²) in [7, 11) is 0. The quantitative estimate of drug-likeness (QED) is 0.309. The van der Waals surface area contributed by atoms with Crippen LogP contribution in [-0.4, -0.2) is 73.6 Å². The number of nitrogens with one attached hydrogen (secondary N) is 3. The van der Waals surface area contributed by atoms with Crippen LogP contribution in [0.25, 0.3) is 11.0 Å². The van der Waals surface area contributed by atoms with Crippen molar-refractivity contribution in [2.24, 2.45) is 0 Å². The fourth-order valence-corrected chi connectivity index (χ4v) is 5.61. The van der Waals surface area contributed by atoms with Crippen LogP contribution in [0.1, 0.15) is 48.2 Å². The lowest BCUT2D eigenvalue weighted by Crippen LogP contribution is -2.61. The van der Waals surface area contributed by atoms with Crippen molar-refractivity contribution in [3.63, 3.8) is 0 Å². The Labute approximate surface area is 238 Å². The van der Waals surface area contributed by atoms with E-state index >= 15 is 0 Å². The summed E-state index contributed by atoms with van der Waals surface area (Å²) in [6.45, 7) is 4.59. The van der Waals surface area contributed by atoms with E-state index in [0.717, 1.165) is 57.7 Å². The van der Waals surface area contributed by atoms with Gasteiger partial charge in [0.1, 0.15) is 23.0 Å². The molecular weight excluding hydrogens is 527 g/mol. The SMILES string of the molecule is O=C(NC1(C(=O)N[C@H](Cc2ccccc2)C(=O)NCCCN2CCOCC2)CCCC1)c1cc2cc(F)ccc2o1. The van der Waals surface area contributed by atoms with Crippen LogP contribution in [-0.2, 0) is 20.7 Å². The van der Waals surface area contributed by atoms with Crippen LogP contribution in [0.3, 0.4) is 0 Å². The molecule has 218 valence electrons. The Balaban J connectivity index is 1.25. The van der Waals surface area contributed by atoms with Gasteiger partial charge in [-0.1, -0.05) is 43.2 Å². The minimum Gasteiger partial charge on any atom is -0.451 e. The molecule has 2 aliphatic rings. The molecule has 10 heteroatoms. The number of hydrogen-bond donors (Lipinski definition) is 3. The molecule has 2 aromatic carbocycles. The van der Waals surface area contributed by atoms with Crippen molar-refractivity contribution in [2.75, 3.05) is 39.4 Å². The Bertz CT molecular complexity index is 1350. The Morgan fingerprint density at radius 2 is 1.76 bits per heavy atom. The molecule has 2 heterocycles. The highest BCUT2D eigenvalue weighted by molar-refractivity contribution is 6.01.